The van der Waals surface area contributed by atoms with Crippen LogP contribution >= 0.6 is 35.3 Å². The number of ether oxygens (including phenoxy) is 1. The Morgan fingerprint density at radius 3 is 2.69 bits per heavy atom. The highest BCUT2D eigenvalue weighted by atomic mass is 127. The third-order valence-corrected chi connectivity index (χ3v) is 7.21. The second-order valence-electron chi connectivity index (χ2n) is 8.54. The van der Waals surface area contributed by atoms with Crippen LogP contribution in [0.1, 0.15) is 57.2 Å². The minimum absolute atomic E-state index is 0. The molecule has 9 heteroatoms. The fourth-order valence-corrected chi connectivity index (χ4v) is 5.14. The van der Waals surface area contributed by atoms with Gasteiger partial charge < -0.3 is 15.0 Å². The molecule has 32 heavy (non-hydrogen) atoms. The molecule has 1 N–H and O–H groups in total. The van der Waals surface area contributed by atoms with E-state index in [9.17, 15) is 4.79 Å². The van der Waals surface area contributed by atoms with Crippen molar-refractivity contribution < 1.29 is 9.53 Å². The lowest BCUT2D eigenvalue weighted by atomic mass is 9.97. The number of thiazole rings is 1. The van der Waals surface area contributed by atoms with Crippen molar-refractivity contribution in [2.24, 2.45) is 16.8 Å². The van der Waals surface area contributed by atoms with E-state index in [-0.39, 0.29) is 35.9 Å². The van der Waals surface area contributed by atoms with Crippen LogP contribution in [0.5, 0.6) is 0 Å². The summed E-state index contributed by atoms with van der Waals surface area (Å²) in [6, 6.07) is 0. The summed E-state index contributed by atoms with van der Waals surface area (Å²) in [6.45, 7) is 13.1. The van der Waals surface area contributed by atoms with Crippen LogP contribution in [0.3, 0.4) is 0 Å². The number of aromatic nitrogens is 1. The number of hydrogen-bond acceptors (Lipinski definition) is 6. The average molecular weight is 578 g/mol. The van der Waals surface area contributed by atoms with Crippen molar-refractivity contribution in [3.8, 4) is 0 Å². The van der Waals surface area contributed by atoms with Gasteiger partial charge in [-0.15, -0.1) is 35.3 Å². The normalized spacial score (nSPS) is 20.7. The Morgan fingerprint density at radius 1 is 1.25 bits per heavy atom. The molecule has 0 radical (unpaired) electrons. The zero-order valence-corrected chi connectivity index (χ0v) is 23.0. The first-order chi connectivity index (χ1) is 15.1. The molecule has 0 bridgehead atoms. The maximum atomic E-state index is 12.2. The number of aryl methyl sites for hydroxylation is 1. The molecule has 3 heterocycles. The van der Waals surface area contributed by atoms with Gasteiger partial charge >= 0.3 is 5.97 Å². The number of halogens is 1. The summed E-state index contributed by atoms with van der Waals surface area (Å²) in [6.07, 6.45) is 5.29. The van der Waals surface area contributed by atoms with E-state index >= 15 is 0 Å². The minimum atomic E-state index is -0.0680. The molecule has 1 aromatic rings. The first-order valence-electron chi connectivity index (χ1n) is 12.0. The molecule has 0 saturated carbocycles. The second-order valence-corrected chi connectivity index (χ2v) is 9.48. The Bertz CT molecular complexity index is 721. The van der Waals surface area contributed by atoms with Gasteiger partial charge in [-0.25, -0.2) is 4.98 Å². The molecule has 0 spiro atoms. The van der Waals surface area contributed by atoms with Crippen LogP contribution < -0.4 is 5.32 Å². The third kappa shape index (κ3) is 8.13. The molecule has 3 rings (SSSR count). The van der Waals surface area contributed by atoms with E-state index in [1.54, 1.807) is 11.3 Å². The maximum absolute atomic E-state index is 12.2. The summed E-state index contributed by atoms with van der Waals surface area (Å²) in [5.41, 5.74) is 1.22. The molecule has 2 aliphatic heterocycles. The highest BCUT2D eigenvalue weighted by molar-refractivity contribution is 14.0. The number of aliphatic imine (C=N–C) groups is 1. The third-order valence-electron chi connectivity index (χ3n) is 6.17. The van der Waals surface area contributed by atoms with Crippen molar-refractivity contribution in [2.45, 2.75) is 59.4 Å². The summed E-state index contributed by atoms with van der Waals surface area (Å²) in [4.78, 5) is 26.6. The van der Waals surface area contributed by atoms with Crippen molar-refractivity contribution in [3.63, 3.8) is 0 Å². The topological polar surface area (TPSA) is 70.1 Å². The summed E-state index contributed by atoms with van der Waals surface area (Å²) in [5.74, 6) is 1.46. The molecule has 2 aliphatic rings. The summed E-state index contributed by atoms with van der Waals surface area (Å²) >= 11 is 1.78. The SMILES string of the molecule is CCNC(=NCC1CCN(Cc2csc(CC)n2)CC1)N1CCCC(C(=O)OCC)C1.I. The van der Waals surface area contributed by atoms with Gasteiger partial charge in [-0.3, -0.25) is 14.7 Å². The number of carbonyl (C=O) groups excluding carboxylic acids is 1. The summed E-state index contributed by atoms with van der Waals surface area (Å²) in [7, 11) is 0. The largest absolute Gasteiger partial charge is 0.466 e. The van der Waals surface area contributed by atoms with Gasteiger partial charge in [0.2, 0.25) is 0 Å². The minimum Gasteiger partial charge on any atom is -0.466 e. The van der Waals surface area contributed by atoms with Crippen molar-refractivity contribution in [1.82, 2.24) is 20.1 Å². The molecular weight excluding hydrogens is 537 g/mol. The van der Waals surface area contributed by atoms with E-state index in [1.807, 2.05) is 6.92 Å². The monoisotopic (exact) mass is 577 g/mol. The number of esters is 1. The van der Waals surface area contributed by atoms with E-state index < -0.39 is 0 Å². The Labute approximate surface area is 214 Å². The van der Waals surface area contributed by atoms with Crippen LogP contribution in [0.15, 0.2) is 10.4 Å². The predicted octanol–water partition coefficient (Wildman–Crippen LogP) is 3.78. The van der Waals surface area contributed by atoms with Crippen molar-refractivity contribution in [2.75, 3.05) is 45.9 Å². The van der Waals surface area contributed by atoms with E-state index in [0.29, 0.717) is 19.1 Å². The number of likely N-dealkylation sites (tertiary alicyclic amines) is 2. The molecule has 7 nitrogen and oxygen atoms in total. The van der Waals surface area contributed by atoms with Gasteiger partial charge in [-0.1, -0.05) is 6.92 Å². The quantitative estimate of drug-likeness (QED) is 0.220. The lowest BCUT2D eigenvalue weighted by Gasteiger charge is -2.34. The van der Waals surface area contributed by atoms with Crippen molar-refractivity contribution >= 4 is 47.2 Å². The average Bonchev–Trinajstić information content (AvgIpc) is 3.25. The molecule has 1 atom stereocenters. The molecule has 0 amide bonds. The van der Waals surface area contributed by atoms with Gasteiger partial charge in [0, 0.05) is 38.1 Å². The first-order valence-corrected chi connectivity index (χ1v) is 12.9. The molecular formula is C23H40IN5O2S. The number of nitrogens with zero attached hydrogens (tertiary/aromatic N) is 4. The predicted molar refractivity (Wildman–Crippen MR) is 142 cm³/mol. The fraction of sp³-hybridized carbons (Fsp3) is 0.783. The number of guanidine groups is 1. The van der Waals surface area contributed by atoms with Gasteiger partial charge in [0.15, 0.2) is 5.96 Å². The fourth-order valence-electron chi connectivity index (χ4n) is 4.40. The highest BCUT2D eigenvalue weighted by Gasteiger charge is 2.28. The maximum Gasteiger partial charge on any atom is 0.310 e. The van der Waals surface area contributed by atoms with E-state index in [4.69, 9.17) is 14.7 Å². The van der Waals surface area contributed by atoms with Gasteiger partial charge in [0.1, 0.15) is 0 Å². The van der Waals surface area contributed by atoms with Crippen molar-refractivity contribution in [3.05, 3.63) is 16.1 Å². The number of nitrogens with one attached hydrogen (secondary N) is 1. The highest BCUT2D eigenvalue weighted by Crippen LogP contribution is 2.22. The van der Waals surface area contributed by atoms with Crippen molar-refractivity contribution in [1.29, 1.82) is 0 Å². The van der Waals surface area contributed by atoms with E-state index in [1.165, 1.54) is 23.5 Å². The lowest BCUT2D eigenvalue weighted by Crippen LogP contribution is -2.48. The molecule has 2 fully saturated rings. The standard InChI is InChI=1S/C23H39N5O2S.HI/c1-4-21-26-20(17-31-21)16-27-12-9-18(10-13-27)14-25-23(24-5-2)28-11-7-8-19(15-28)22(29)30-6-3;/h17-19H,4-16H2,1-3H3,(H,24,25);1H. The van der Waals surface area contributed by atoms with Crippen LogP contribution in [-0.2, 0) is 22.5 Å². The van der Waals surface area contributed by atoms with Gasteiger partial charge in [0.25, 0.3) is 0 Å². The summed E-state index contributed by atoms with van der Waals surface area (Å²) in [5, 5.41) is 6.88. The van der Waals surface area contributed by atoms with Crippen LogP contribution in [0.4, 0.5) is 0 Å². The van der Waals surface area contributed by atoms with Crippen LogP contribution in [0.25, 0.3) is 0 Å². The van der Waals surface area contributed by atoms with Gasteiger partial charge in [-0.2, -0.15) is 0 Å². The molecule has 0 aliphatic carbocycles. The van der Waals surface area contributed by atoms with E-state index in [2.05, 4.69) is 34.3 Å². The number of piperidine rings is 2. The second kappa shape index (κ2) is 14.3. The van der Waals surface area contributed by atoms with Gasteiger partial charge in [0.05, 0.1) is 23.2 Å². The molecule has 0 aromatic carbocycles. The summed E-state index contributed by atoms with van der Waals surface area (Å²) < 4.78 is 5.25. The van der Waals surface area contributed by atoms with Crippen LogP contribution in [-0.4, -0.2) is 72.6 Å². The van der Waals surface area contributed by atoms with Crippen LogP contribution in [0.2, 0.25) is 0 Å². The Hall–Kier alpha value is -0.940. The Kier molecular flexibility index (Phi) is 12.2. The number of hydrogen-bond donors (Lipinski definition) is 1. The number of rotatable bonds is 8. The molecule has 1 aromatic heterocycles. The Morgan fingerprint density at radius 2 is 2.03 bits per heavy atom. The molecule has 2 saturated heterocycles. The van der Waals surface area contributed by atoms with Gasteiger partial charge in [-0.05, 0) is 65.0 Å². The van der Waals surface area contributed by atoms with Crippen LogP contribution in [0, 0.1) is 11.8 Å². The zero-order valence-electron chi connectivity index (χ0n) is 19.8. The zero-order chi connectivity index (χ0) is 22.1. The van der Waals surface area contributed by atoms with E-state index in [0.717, 1.165) is 64.5 Å². The first kappa shape index (κ1) is 27.3. The lowest BCUT2D eigenvalue weighted by molar-refractivity contribution is -0.149. The number of carbonyl (C=O) groups is 1. The molecule has 1 unspecified atom stereocenters. The Balaban J connectivity index is 0.00000363. The smallest absolute Gasteiger partial charge is 0.310 e. The molecule has 182 valence electrons.